The third-order valence-electron chi connectivity index (χ3n) is 6.73. The highest BCUT2D eigenvalue weighted by atomic mass is 16.5. The van der Waals surface area contributed by atoms with Gasteiger partial charge in [-0.25, -0.2) is 4.98 Å². The van der Waals surface area contributed by atoms with Crippen LogP contribution in [0.1, 0.15) is 60.9 Å². The van der Waals surface area contributed by atoms with E-state index >= 15 is 0 Å². The van der Waals surface area contributed by atoms with Crippen LogP contribution in [0.15, 0.2) is 29.2 Å². The van der Waals surface area contributed by atoms with Gasteiger partial charge >= 0.3 is 0 Å². The zero-order chi connectivity index (χ0) is 22.2. The van der Waals surface area contributed by atoms with E-state index in [0.717, 1.165) is 44.1 Å². The molecule has 8 nitrogen and oxygen atoms in total. The number of pyridine rings is 2. The highest BCUT2D eigenvalue weighted by Crippen LogP contribution is 2.19. The molecule has 0 radical (unpaired) electrons. The first kappa shape index (κ1) is 20.9. The molecule has 2 aliphatic rings. The average molecular weight is 436 g/mol. The fourth-order valence-corrected chi connectivity index (χ4v) is 4.95. The maximum Gasteiger partial charge on any atom is 0.267 e. The summed E-state index contributed by atoms with van der Waals surface area (Å²) in [5.74, 6) is -0.293. The van der Waals surface area contributed by atoms with Crippen LogP contribution in [0, 0.1) is 12.3 Å². The van der Waals surface area contributed by atoms with Gasteiger partial charge in [0.2, 0.25) is 0 Å². The van der Waals surface area contributed by atoms with Crippen molar-refractivity contribution >= 4 is 22.6 Å². The molecule has 32 heavy (non-hydrogen) atoms. The number of ether oxygens (including phenoxy) is 1. The lowest BCUT2D eigenvalue weighted by Crippen LogP contribution is -2.41. The third kappa shape index (κ3) is 3.72. The van der Waals surface area contributed by atoms with Gasteiger partial charge in [-0.1, -0.05) is 25.3 Å². The molecule has 1 aliphatic heterocycles. The van der Waals surface area contributed by atoms with Gasteiger partial charge in [-0.05, 0) is 50.3 Å². The minimum Gasteiger partial charge on any atom is -0.376 e. The summed E-state index contributed by atoms with van der Waals surface area (Å²) in [6, 6.07) is 5.39. The molecule has 1 saturated heterocycles. The Kier molecular flexibility index (Phi) is 5.55. The minimum absolute atomic E-state index is 0.0546. The average Bonchev–Trinajstić information content (AvgIpc) is 3.30. The van der Waals surface area contributed by atoms with Crippen LogP contribution in [0.3, 0.4) is 0 Å². The summed E-state index contributed by atoms with van der Waals surface area (Å²) in [6.45, 7) is 3.00. The topological polar surface area (TPSA) is 101 Å². The molecule has 5 rings (SSSR count). The van der Waals surface area contributed by atoms with E-state index in [9.17, 15) is 9.59 Å². The molecule has 2 fully saturated rings. The third-order valence-corrected chi connectivity index (χ3v) is 6.73. The molecule has 2 N–H and O–H groups in total. The van der Waals surface area contributed by atoms with Crippen molar-refractivity contribution in [3.05, 3.63) is 51.4 Å². The summed E-state index contributed by atoms with van der Waals surface area (Å²) in [6.07, 6.45) is 8.81. The molecule has 168 valence electrons. The van der Waals surface area contributed by atoms with Crippen molar-refractivity contribution in [2.24, 2.45) is 0 Å². The second-order valence-corrected chi connectivity index (χ2v) is 9.00. The first-order valence-electron chi connectivity index (χ1n) is 11.6. The zero-order valence-corrected chi connectivity index (χ0v) is 18.4. The van der Waals surface area contributed by atoms with Crippen LogP contribution < -0.4 is 16.4 Å². The summed E-state index contributed by atoms with van der Waals surface area (Å²) < 4.78 is 9.01. The van der Waals surface area contributed by atoms with E-state index in [1.165, 1.54) is 10.8 Å². The van der Waals surface area contributed by atoms with Crippen LogP contribution in [-0.4, -0.2) is 38.6 Å². The Morgan fingerprint density at radius 3 is 2.78 bits per heavy atom. The Bertz CT molecular complexity index is 1300. The van der Waals surface area contributed by atoms with Crippen molar-refractivity contribution < 1.29 is 9.53 Å². The van der Waals surface area contributed by atoms with Gasteiger partial charge in [0, 0.05) is 18.8 Å². The number of hydrogen-bond donors (Lipinski definition) is 2. The van der Waals surface area contributed by atoms with Gasteiger partial charge in [-0.2, -0.15) is 0 Å². The zero-order valence-electron chi connectivity index (χ0n) is 18.4. The van der Waals surface area contributed by atoms with E-state index < -0.39 is 0 Å². The summed E-state index contributed by atoms with van der Waals surface area (Å²) in [5.41, 5.74) is 1.92. The van der Waals surface area contributed by atoms with E-state index in [-0.39, 0.29) is 34.7 Å². The number of amides is 1. The van der Waals surface area contributed by atoms with Gasteiger partial charge in [0.1, 0.15) is 16.8 Å². The predicted octanol–water partition coefficient (Wildman–Crippen LogP) is 2.68. The maximum absolute atomic E-state index is 13.4. The number of rotatable bonds is 4. The van der Waals surface area contributed by atoms with Crippen LogP contribution in [0.4, 0.5) is 0 Å². The quantitative estimate of drug-likeness (QED) is 0.615. The summed E-state index contributed by atoms with van der Waals surface area (Å²) in [5, 5.41) is 12.3. The maximum atomic E-state index is 13.4. The fourth-order valence-electron chi connectivity index (χ4n) is 4.95. The van der Waals surface area contributed by atoms with Crippen LogP contribution >= 0.6 is 0 Å². The van der Waals surface area contributed by atoms with Crippen molar-refractivity contribution in [2.75, 3.05) is 6.61 Å². The number of nitrogens with one attached hydrogen (secondary N) is 2. The summed E-state index contributed by atoms with van der Waals surface area (Å²) >= 11 is 0. The van der Waals surface area contributed by atoms with Crippen LogP contribution in [-0.2, 0) is 11.3 Å². The van der Waals surface area contributed by atoms with Crippen molar-refractivity contribution in [3.8, 4) is 0 Å². The number of nitrogens with zero attached hydrogens (tertiary/aromatic N) is 3. The van der Waals surface area contributed by atoms with Crippen molar-refractivity contribution in [3.63, 3.8) is 0 Å². The first-order chi connectivity index (χ1) is 15.5. The van der Waals surface area contributed by atoms with Gasteiger partial charge in [-0.15, -0.1) is 0 Å². The molecule has 0 bridgehead atoms. The molecule has 3 aromatic heterocycles. The standard InChI is InChI=1S/C24H29N5O3/c1-15-7-5-11-28-21(15)27-22-19(24(28)31)13-18(23(30)26-16-8-3-2-4-9-16)20(25)29(22)14-17-10-6-12-32-17/h5,7,11,13,16-17,25H,2-4,6,8-10,12,14H2,1H3,(H,26,30)/t17-/m0/s1. The van der Waals surface area contributed by atoms with E-state index in [1.54, 1.807) is 16.8 Å². The number of carbonyl (C=O) groups is 1. The van der Waals surface area contributed by atoms with E-state index in [4.69, 9.17) is 15.1 Å². The molecular weight excluding hydrogens is 406 g/mol. The molecule has 1 atom stereocenters. The Balaban J connectivity index is 1.68. The number of carbonyl (C=O) groups excluding carboxylic acids is 1. The lowest BCUT2D eigenvalue weighted by Gasteiger charge is -2.23. The molecular formula is C24H29N5O3. The second-order valence-electron chi connectivity index (χ2n) is 9.00. The number of hydrogen-bond acceptors (Lipinski definition) is 5. The largest absolute Gasteiger partial charge is 0.376 e. The molecule has 0 spiro atoms. The normalized spacial score (nSPS) is 19.6. The second kappa shape index (κ2) is 8.50. The lowest BCUT2D eigenvalue weighted by molar-refractivity contribution is 0.0913. The monoisotopic (exact) mass is 435 g/mol. The van der Waals surface area contributed by atoms with Crippen LogP contribution in [0.25, 0.3) is 16.7 Å². The van der Waals surface area contributed by atoms with Gasteiger partial charge in [0.15, 0.2) is 0 Å². The molecule has 3 aromatic rings. The molecule has 1 aliphatic carbocycles. The highest BCUT2D eigenvalue weighted by molar-refractivity contribution is 5.97. The Labute approximate surface area is 185 Å². The van der Waals surface area contributed by atoms with Crippen LogP contribution in [0.5, 0.6) is 0 Å². The highest BCUT2D eigenvalue weighted by Gasteiger charge is 2.24. The van der Waals surface area contributed by atoms with Gasteiger partial charge in [-0.3, -0.25) is 19.4 Å². The minimum atomic E-state index is -0.293. The smallest absolute Gasteiger partial charge is 0.267 e. The van der Waals surface area contributed by atoms with Gasteiger partial charge in [0.05, 0.1) is 23.6 Å². The molecule has 0 aromatic carbocycles. The molecule has 1 amide bonds. The summed E-state index contributed by atoms with van der Waals surface area (Å²) in [7, 11) is 0. The fraction of sp³-hybridized carbons (Fsp3) is 0.500. The number of fused-ring (bicyclic) bond motifs is 2. The predicted molar refractivity (Wildman–Crippen MR) is 121 cm³/mol. The molecule has 1 saturated carbocycles. The van der Waals surface area contributed by atoms with E-state index in [0.29, 0.717) is 29.8 Å². The molecule has 0 unspecified atom stereocenters. The Morgan fingerprint density at radius 2 is 2.03 bits per heavy atom. The SMILES string of the molecule is Cc1cccn2c(=O)c3cc(C(=O)NC4CCCCC4)c(=N)n(C[C@@H]4CCCO4)c3nc12. The lowest BCUT2D eigenvalue weighted by atomic mass is 9.95. The van der Waals surface area contributed by atoms with Crippen LogP contribution in [0.2, 0.25) is 0 Å². The van der Waals surface area contributed by atoms with E-state index in [1.807, 2.05) is 19.1 Å². The Hall–Kier alpha value is -3.00. The first-order valence-corrected chi connectivity index (χ1v) is 11.6. The van der Waals surface area contributed by atoms with Crippen molar-refractivity contribution in [1.82, 2.24) is 19.3 Å². The van der Waals surface area contributed by atoms with Gasteiger partial charge in [0.25, 0.3) is 11.5 Å². The number of aryl methyl sites for hydroxylation is 1. The Morgan fingerprint density at radius 1 is 1.22 bits per heavy atom. The summed E-state index contributed by atoms with van der Waals surface area (Å²) in [4.78, 5) is 31.4. The molecule has 4 heterocycles. The van der Waals surface area contributed by atoms with Gasteiger partial charge < -0.3 is 14.6 Å². The van der Waals surface area contributed by atoms with E-state index in [2.05, 4.69) is 5.32 Å². The molecule has 8 heteroatoms. The van der Waals surface area contributed by atoms with Crippen molar-refractivity contribution in [1.29, 1.82) is 5.41 Å². The number of aromatic nitrogens is 3. The van der Waals surface area contributed by atoms with Crippen molar-refractivity contribution in [2.45, 2.75) is 70.6 Å².